The molecular formula is C45H74O18. The summed E-state index contributed by atoms with van der Waals surface area (Å²) < 4.78 is 42.1. The van der Waals surface area contributed by atoms with Crippen molar-refractivity contribution in [2.24, 2.45) is 46.3 Å². The van der Waals surface area contributed by atoms with Crippen LogP contribution in [0.5, 0.6) is 0 Å². The largest absolute Gasteiger partial charge is 0.494 e. The van der Waals surface area contributed by atoms with Gasteiger partial charge in [-0.3, -0.25) is 0 Å². The van der Waals surface area contributed by atoms with Crippen molar-refractivity contribution in [3.63, 3.8) is 0 Å². The molecule has 362 valence electrons. The lowest BCUT2D eigenvalue weighted by atomic mass is 9.44. The van der Waals surface area contributed by atoms with E-state index in [1.807, 2.05) is 6.92 Å². The number of hydrogen-bond acceptors (Lipinski definition) is 18. The van der Waals surface area contributed by atoms with E-state index < -0.39 is 118 Å². The van der Waals surface area contributed by atoms with Crippen molar-refractivity contribution < 1.29 is 89.3 Å². The van der Waals surface area contributed by atoms with E-state index in [4.69, 9.17) is 33.2 Å². The van der Waals surface area contributed by atoms with Gasteiger partial charge >= 0.3 is 0 Å². The number of fused-ring (bicyclic) bond motifs is 7. The van der Waals surface area contributed by atoms with Gasteiger partial charge in [0.1, 0.15) is 73.2 Å². The first-order chi connectivity index (χ1) is 29.8. The summed E-state index contributed by atoms with van der Waals surface area (Å²) in [5.41, 5.74) is 1.23. The van der Waals surface area contributed by atoms with Gasteiger partial charge in [-0.2, -0.15) is 0 Å². The summed E-state index contributed by atoms with van der Waals surface area (Å²) in [6.45, 7) is 9.65. The first kappa shape index (κ1) is 48.3. The van der Waals surface area contributed by atoms with Gasteiger partial charge in [-0.15, -0.1) is 0 Å². The molecule has 8 aliphatic rings. The summed E-state index contributed by atoms with van der Waals surface area (Å²) in [5.74, 6) is 2.99. The lowest BCUT2D eigenvalue weighted by Crippen LogP contribution is -2.65. The summed E-state index contributed by atoms with van der Waals surface area (Å²) >= 11 is 0. The number of ether oxygens (including phenoxy) is 7. The highest BCUT2D eigenvalue weighted by atomic mass is 16.8. The lowest BCUT2D eigenvalue weighted by Gasteiger charge is -2.61. The zero-order chi connectivity index (χ0) is 45.4. The van der Waals surface area contributed by atoms with Crippen LogP contribution >= 0.6 is 0 Å². The van der Waals surface area contributed by atoms with Crippen molar-refractivity contribution in [3.8, 4) is 0 Å². The molecule has 0 unspecified atom stereocenters. The maximum Gasteiger partial charge on any atom is 0.187 e. The Morgan fingerprint density at radius 3 is 2.05 bits per heavy atom. The molecule has 4 aliphatic carbocycles. The fourth-order valence-corrected chi connectivity index (χ4v) is 13.7. The summed E-state index contributed by atoms with van der Waals surface area (Å²) in [6.07, 6.45) is -14.8. The zero-order valence-electron chi connectivity index (χ0n) is 37.1. The third-order valence-corrected chi connectivity index (χ3v) is 17.4. The Morgan fingerprint density at radius 2 is 1.35 bits per heavy atom. The predicted octanol–water partition coefficient (Wildman–Crippen LogP) is -0.831. The molecule has 4 aliphatic heterocycles. The standard InChI is InChI=1S/C45H74O18/c1-18(17-57-41-38(55)36(53)33(50)29(15-46)61-41)6-9-26-19(2)31-28(59-26)13-24-22-8-7-21-12-27(25(48)14-45(21,5)23(22)10-11-44(24,31)4)60-43-40(37(54)34(51)30(16-47)62-43)63-42-39(56)35(52)32(49)20(3)58-42/h18,20-25,27-43,46-56H,6-17H2,1-5H3/t18-,20-,21-,22+,23-,24-,25+,27+,28-,29+,30+,31-,32-,33+,34+,35+,36-,37-,38+,39+,40+,41+,42-,43+,44-,45-/m0/s1. The summed E-state index contributed by atoms with van der Waals surface area (Å²) in [7, 11) is 0. The molecule has 0 aromatic rings. The third-order valence-electron chi connectivity index (χ3n) is 17.4. The number of aliphatic hydroxyl groups excluding tert-OH is 11. The van der Waals surface area contributed by atoms with Crippen molar-refractivity contribution in [1.29, 1.82) is 0 Å². The van der Waals surface area contributed by atoms with Gasteiger partial charge < -0.3 is 89.3 Å². The quantitative estimate of drug-likeness (QED) is 0.107. The van der Waals surface area contributed by atoms with Crippen LogP contribution in [0.15, 0.2) is 11.3 Å². The van der Waals surface area contributed by atoms with Gasteiger partial charge in [0.25, 0.3) is 0 Å². The molecule has 0 radical (unpaired) electrons. The fraction of sp³-hybridized carbons (Fsp3) is 0.956. The van der Waals surface area contributed by atoms with Crippen LogP contribution in [0.4, 0.5) is 0 Å². The minimum atomic E-state index is -1.68. The number of allylic oxidation sites excluding steroid dienone is 1. The second-order valence-corrected chi connectivity index (χ2v) is 21.0. The van der Waals surface area contributed by atoms with E-state index in [0.29, 0.717) is 36.5 Å². The molecule has 0 bridgehead atoms. The van der Waals surface area contributed by atoms with Crippen LogP contribution in [0.3, 0.4) is 0 Å². The second-order valence-electron chi connectivity index (χ2n) is 21.0. The second kappa shape index (κ2) is 18.7. The van der Waals surface area contributed by atoms with Crippen molar-refractivity contribution in [1.82, 2.24) is 0 Å². The molecule has 63 heavy (non-hydrogen) atoms. The Bertz CT molecular complexity index is 1600. The van der Waals surface area contributed by atoms with E-state index in [9.17, 15) is 56.2 Å². The van der Waals surface area contributed by atoms with Crippen molar-refractivity contribution in [3.05, 3.63) is 11.3 Å². The fourth-order valence-electron chi connectivity index (χ4n) is 13.7. The molecule has 0 aromatic heterocycles. The summed E-state index contributed by atoms with van der Waals surface area (Å²) in [6, 6.07) is 0. The summed E-state index contributed by atoms with van der Waals surface area (Å²) in [4.78, 5) is 0. The Hall–Kier alpha value is -1.14. The molecule has 8 rings (SSSR count). The van der Waals surface area contributed by atoms with E-state index in [0.717, 1.165) is 50.7 Å². The average molecular weight is 903 g/mol. The van der Waals surface area contributed by atoms with E-state index in [-0.39, 0.29) is 35.4 Å². The van der Waals surface area contributed by atoms with Gasteiger partial charge in [0.2, 0.25) is 0 Å². The van der Waals surface area contributed by atoms with Crippen LogP contribution in [0, 0.1) is 46.3 Å². The molecule has 7 fully saturated rings. The molecule has 3 saturated heterocycles. The minimum Gasteiger partial charge on any atom is -0.494 e. The molecule has 0 amide bonds. The van der Waals surface area contributed by atoms with Gasteiger partial charge in [0, 0.05) is 12.3 Å². The van der Waals surface area contributed by atoms with Gasteiger partial charge in [-0.1, -0.05) is 20.8 Å². The van der Waals surface area contributed by atoms with Gasteiger partial charge in [0.15, 0.2) is 18.9 Å². The highest BCUT2D eigenvalue weighted by molar-refractivity contribution is 5.27. The molecular weight excluding hydrogens is 828 g/mol. The Balaban J connectivity index is 0.886. The molecule has 26 atom stereocenters. The van der Waals surface area contributed by atoms with Crippen LogP contribution in [-0.2, 0) is 33.2 Å². The van der Waals surface area contributed by atoms with Crippen LogP contribution in [0.2, 0.25) is 0 Å². The van der Waals surface area contributed by atoms with E-state index in [1.165, 1.54) is 12.5 Å². The van der Waals surface area contributed by atoms with Crippen LogP contribution in [-0.4, -0.2) is 186 Å². The van der Waals surface area contributed by atoms with E-state index in [2.05, 4.69) is 20.8 Å². The lowest BCUT2D eigenvalue weighted by molar-refractivity contribution is -0.374. The Morgan fingerprint density at radius 1 is 0.698 bits per heavy atom. The Kier molecular flexibility index (Phi) is 14.4. The maximum atomic E-state index is 11.9. The van der Waals surface area contributed by atoms with Crippen molar-refractivity contribution in [2.45, 2.75) is 203 Å². The van der Waals surface area contributed by atoms with Crippen molar-refractivity contribution >= 4 is 0 Å². The van der Waals surface area contributed by atoms with Gasteiger partial charge in [0.05, 0.1) is 43.9 Å². The molecule has 18 nitrogen and oxygen atoms in total. The predicted molar refractivity (Wildman–Crippen MR) is 218 cm³/mol. The molecule has 11 N–H and O–H groups in total. The minimum absolute atomic E-state index is 0.0706. The number of hydrogen-bond donors (Lipinski definition) is 11. The first-order valence-electron chi connectivity index (χ1n) is 23.4. The smallest absolute Gasteiger partial charge is 0.187 e. The Labute approximate surface area is 369 Å². The first-order valence-corrected chi connectivity index (χ1v) is 23.4. The van der Waals surface area contributed by atoms with Gasteiger partial charge in [-0.25, -0.2) is 0 Å². The van der Waals surface area contributed by atoms with Gasteiger partial charge in [-0.05, 0) is 111 Å². The molecule has 4 saturated carbocycles. The third kappa shape index (κ3) is 8.57. The average Bonchev–Trinajstić information content (AvgIpc) is 3.74. The number of rotatable bonds is 12. The van der Waals surface area contributed by atoms with Crippen LogP contribution < -0.4 is 0 Å². The zero-order valence-corrected chi connectivity index (χ0v) is 37.1. The molecule has 4 heterocycles. The molecule has 18 heteroatoms. The highest BCUT2D eigenvalue weighted by Gasteiger charge is 2.65. The topological polar surface area (TPSA) is 287 Å². The van der Waals surface area contributed by atoms with Crippen LogP contribution in [0.1, 0.15) is 92.4 Å². The number of aliphatic hydroxyl groups is 11. The SMILES string of the molecule is CC1=C(CC[C@H](C)CO[C@@H]2O[C@H](CO)[C@@H](O)[C@H](O)[C@H]2O)O[C@H]2C[C@H]3[C@@H]4CC[C@H]5C[C@@H](O[C@@H]6O[C@H](CO)[C@@H](O)[C@H](O)[C@H]6O[C@@H]6O[C@@H](C)[C@H](O)[C@@H](O)[C@H]6O)[C@H](O)C[C@]5(C)[C@H]4CC[C@]3(C)[C@@H]12. The molecule has 0 aromatic carbocycles. The summed E-state index contributed by atoms with van der Waals surface area (Å²) in [5, 5.41) is 115. The van der Waals surface area contributed by atoms with Crippen molar-refractivity contribution in [2.75, 3.05) is 19.8 Å². The van der Waals surface area contributed by atoms with E-state index in [1.54, 1.807) is 0 Å². The van der Waals surface area contributed by atoms with E-state index >= 15 is 0 Å². The monoisotopic (exact) mass is 902 g/mol. The maximum absolute atomic E-state index is 11.9. The molecule has 0 spiro atoms. The normalized spacial score (nSPS) is 53.9. The highest BCUT2D eigenvalue weighted by Crippen LogP contribution is 2.70. The van der Waals surface area contributed by atoms with Crippen LogP contribution in [0.25, 0.3) is 0 Å².